The summed E-state index contributed by atoms with van der Waals surface area (Å²) in [7, 11) is 0. The molecule has 2 heterocycles. The van der Waals surface area contributed by atoms with Crippen LogP contribution in [-0.4, -0.2) is 23.0 Å². The number of carbonyl (C=O) groups is 1. The summed E-state index contributed by atoms with van der Waals surface area (Å²) in [5.41, 5.74) is 2.82. The van der Waals surface area contributed by atoms with Gasteiger partial charge in [0.25, 0.3) is 0 Å². The second-order valence-corrected chi connectivity index (χ2v) is 5.97. The van der Waals surface area contributed by atoms with Gasteiger partial charge in [0.05, 0.1) is 18.1 Å². The number of hydrogen-bond donors (Lipinski definition) is 1. The Balaban J connectivity index is 2.07. The Morgan fingerprint density at radius 1 is 1.15 bits per heavy atom. The SMILES string of the molecule is Cc1[nH]c2ccccc2c1C(=O)C1C(C)OC(C)C1C. The zero-order valence-corrected chi connectivity index (χ0v) is 12.4. The molecule has 1 aromatic heterocycles. The van der Waals surface area contributed by atoms with Gasteiger partial charge in [0.15, 0.2) is 5.78 Å². The molecule has 1 saturated heterocycles. The molecule has 1 aliphatic rings. The summed E-state index contributed by atoms with van der Waals surface area (Å²) in [6, 6.07) is 7.99. The molecular weight excluding hydrogens is 250 g/mol. The fraction of sp³-hybridized carbons (Fsp3) is 0.471. The largest absolute Gasteiger partial charge is 0.374 e. The predicted octanol–water partition coefficient (Wildman–Crippen LogP) is 3.72. The number of fused-ring (bicyclic) bond motifs is 1. The summed E-state index contributed by atoms with van der Waals surface area (Å²) in [6.45, 7) is 8.14. The first-order valence-electron chi connectivity index (χ1n) is 7.27. The Bertz CT molecular complexity index is 658. The standard InChI is InChI=1S/C17H21NO2/c1-9-11(3)20-12(4)15(9)17(19)16-10(2)18-14-8-6-5-7-13(14)16/h5-9,11-12,15,18H,1-4H3. The topological polar surface area (TPSA) is 42.1 Å². The van der Waals surface area contributed by atoms with Crippen molar-refractivity contribution >= 4 is 16.7 Å². The van der Waals surface area contributed by atoms with Crippen molar-refractivity contribution in [1.29, 1.82) is 0 Å². The molecule has 1 fully saturated rings. The summed E-state index contributed by atoms with van der Waals surface area (Å²) in [4.78, 5) is 16.3. The highest BCUT2D eigenvalue weighted by molar-refractivity contribution is 6.10. The van der Waals surface area contributed by atoms with Crippen LogP contribution in [0.3, 0.4) is 0 Å². The summed E-state index contributed by atoms with van der Waals surface area (Å²) in [5, 5.41) is 1.02. The fourth-order valence-corrected chi connectivity index (χ4v) is 3.48. The third-order valence-corrected chi connectivity index (χ3v) is 4.68. The summed E-state index contributed by atoms with van der Waals surface area (Å²) in [5.74, 6) is 0.415. The lowest BCUT2D eigenvalue weighted by atomic mass is 9.83. The lowest BCUT2D eigenvalue weighted by Crippen LogP contribution is -2.27. The van der Waals surface area contributed by atoms with Crippen molar-refractivity contribution in [3.63, 3.8) is 0 Å². The lowest BCUT2D eigenvalue weighted by Gasteiger charge is -2.17. The highest BCUT2D eigenvalue weighted by Gasteiger charge is 2.42. The van der Waals surface area contributed by atoms with Crippen LogP contribution < -0.4 is 0 Å². The zero-order chi connectivity index (χ0) is 14.4. The summed E-state index contributed by atoms with van der Waals surface area (Å²) < 4.78 is 5.83. The second kappa shape index (κ2) is 4.74. The molecule has 0 radical (unpaired) electrons. The van der Waals surface area contributed by atoms with Crippen LogP contribution in [0.4, 0.5) is 0 Å². The maximum atomic E-state index is 13.0. The van der Waals surface area contributed by atoms with Gasteiger partial charge in [-0.2, -0.15) is 0 Å². The average Bonchev–Trinajstić information content (AvgIpc) is 2.85. The first-order chi connectivity index (χ1) is 9.50. The lowest BCUT2D eigenvalue weighted by molar-refractivity contribution is 0.0491. The molecule has 1 N–H and O–H groups in total. The van der Waals surface area contributed by atoms with Gasteiger partial charge in [-0.3, -0.25) is 4.79 Å². The minimum absolute atomic E-state index is 0.0134. The van der Waals surface area contributed by atoms with E-state index in [9.17, 15) is 4.79 Å². The van der Waals surface area contributed by atoms with Crippen LogP contribution in [0.2, 0.25) is 0 Å². The molecule has 2 aromatic rings. The van der Waals surface area contributed by atoms with Crippen LogP contribution in [0.15, 0.2) is 24.3 Å². The molecule has 4 atom stereocenters. The van der Waals surface area contributed by atoms with E-state index in [-0.39, 0.29) is 29.8 Å². The van der Waals surface area contributed by atoms with Crippen LogP contribution in [0.25, 0.3) is 10.9 Å². The van der Waals surface area contributed by atoms with E-state index in [4.69, 9.17) is 4.74 Å². The molecule has 106 valence electrons. The second-order valence-electron chi connectivity index (χ2n) is 5.97. The number of para-hydroxylation sites is 1. The number of nitrogens with one attached hydrogen (secondary N) is 1. The molecule has 0 spiro atoms. The highest BCUT2D eigenvalue weighted by Crippen LogP contribution is 2.36. The molecule has 0 amide bonds. The van der Waals surface area contributed by atoms with Crippen molar-refractivity contribution in [3.8, 4) is 0 Å². The zero-order valence-electron chi connectivity index (χ0n) is 12.4. The van der Waals surface area contributed by atoms with E-state index >= 15 is 0 Å². The third-order valence-electron chi connectivity index (χ3n) is 4.68. The van der Waals surface area contributed by atoms with E-state index in [1.807, 2.05) is 38.1 Å². The van der Waals surface area contributed by atoms with Crippen LogP contribution in [0, 0.1) is 18.8 Å². The van der Waals surface area contributed by atoms with Crippen LogP contribution in [0.1, 0.15) is 36.8 Å². The number of carbonyl (C=O) groups excluding carboxylic acids is 1. The van der Waals surface area contributed by atoms with Gasteiger partial charge in [0.2, 0.25) is 0 Å². The van der Waals surface area contributed by atoms with Gasteiger partial charge in [0.1, 0.15) is 0 Å². The molecule has 3 heteroatoms. The van der Waals surface area contributed by atoms with Gasteiger partial charge in [-0.25, -0.2) is 0 Å². The molecule has 0 saturated carbocycles. The average molecular weight is 271 g/mol. The Morgan fingerprint density at radius 2 is 1.85 bits per heavy atom. The Kier molecular flexibility index (Phi) is 3.17. The quantitative estimate of drug-likeness (QED) is 0.846. The van der Waals surface area contributed by atoms with Crippen LogP contribution in [0.5, 0.6) is 0 Å². The number of Topliss-reactive ketones (excluding diaryl/α,β-unsaturated/α-hetero) is 1. The molecular formula is C17H21NO2. The Hall–Kier alpha value is -1.61. The predicted molar refractivity (Wildman–Crippen MR) is 80.0 cm³/mol. The van der Waals surface area contributed by atoms with E-state index in [0.717, 1.165) is 22.2 Å². The van der Waals surface area contributed by atoms with Gasteiger partial charge in [-0.05, 0) is 32.8 Å². The van der Waals surface area contributed by atoms with Gasteiger partial charge in [0, 0.05) is 22.2 Å². The highest BCUT2D eigenvalue weighted by atomic mass is 16.5. The maximum absolute atomic E-state index is 13.0. The molecule has 3 rings (SSSR count). The normalized spacial score (nSPS) is 30.0. The van der Waals surface area contributed by atoms with Crippen molar-refractivity contribution in [2.75, 3.05) is 0 Å². The van der Waals surface area contributed by atoms with Crippen molar-refractivity contribution in [3.05, 3.63) is 35.5 Å². The van der Waals surface area contributed by atoms with E-state index in [1.165, 1.54) is 0 Å². The van der Waals surface area contributed by atoms with Gasteiger partial charge >= 0.3 is 0 Å². The van der Waals surface area contributed by atoms with Crippen molar-refractivity contribution in [2.24, 2.45) is 11.8 Å². The van der Waals surface area contributed by atoms with Crippen LogP contribution in [-0.2, 0) is 4.74 Å². The number of ketones is 1. The molecule has 1 aliphatic heterocycles. The summed E-state index contributed by atoms with van der Waals surface area (Å²) >= 11 is 0. The minimum Gasteiger partial charge on any atom is -0.374 e. The number of aromatic nitrogens is 1. The maximum Gasteiger partial charge on any atom is 0.171 e. The first kappa shape index (κ1) is 13.4. The summed E-state index contributed by atoms with van der Waals surface area (Å²) in [6.07, 6.45) is 0.130. The third kappa shape index (κ3) is 1.88. The number of hydrogen-bond acceptors (Lipinski definition) is 2. The number of rotatable bonds is 2. The molecule has 4 unspecified atom stereocenters. The monoisotopic (exact) mass is 271 g/mol. The number of benzene rings is 1. The van der Waals surface area contributed by atoms with E-state index < -0.39 is 0 Å². The van der Waals surface area contributed by atoms with E-state index in [1.54, 1.807) is 0 Å². The molecule has 0 bridgehead atoms. The van der Waals surface area contributed by atoms with Gasteiger partial charge < -0.3 is 9.72 Å². The van der Waals surface area contributed by atoms with Crippen molar-refractivity contribution < 1.29 is 9.53 Å². The van der Waals surface area contributed by atoms with Gasteiger partial charge in [-0.15, -0.1) is 0 Å². The Morgan fingerprint density at radius 3 is 2.50 bits per heavy atom. The number of H-pyrrole nitrogens is 1. The fourth-order valence-electron chi connectivity index (χ4n) is 3.48. The Labute approximate surface area is 119 Å². The molecule has 3 nitrogen and oxygen atoms in total. The first-order valence-corrected chi connectivity index (χ1v) is 7.27. The molecule has 20 heavy (non-hydrogen) atoms. The van der Waals surface area contributed by atoms with E-state index in [0.29, 0.717) is 0 Å². The molecule has 0 aliphatic carbocycles. The molecule has 1 aromatic carbocycles. The minimum atomic E-state index is -0.0529. The van der Waals surface area contributed by atoms with Crippen molar-refractivity contribution in [2.45, 2.75) is 39.9 Å². The smallest absolute Gasteiger partial charge is 0.171 e. The number of aryl methyl sites for hydroxylation is 1. The van der Waals surface area contributed by atoms with E-state index in [2.05, 4.69) is 18.8 Å². The number of ether oxygens (including phenoxy) is 1. The van der Waals surface area contributed by atoms with Crippen LogP contribution >= 0.6 is 0 Å². The number of aromatic amines is 1. The van der Waals surface area contributed by atoms with Gasteiger partial charge in [-0.1, -0.05) is 25.1 Å². The van der Waals surface area contributed by atoms with Crippen molar-refractivity contribution in [1.82, 2.24) is 4.98 Å².